The zero-order chi connectivity index (χ0) is 24.7. The van der Waals surface area contributed by atoms with Crippen molar-refractivity contribution in [2.45, 2.75) is 12.8 Å². The molecule has 3 aromatic carbocycles. The lowest BCUT2D eigenvalue weighted by atomic mass is 10.1. The van der Waals surface area contributed by atoms with E-state index in [1.165, 1.54) is 11.5 Å². The van der Waals surface area contributed by atoms with Gasteiger partial charge in [0.15, 0.2) is 5.82 Å². The number of carbonyl (C=O) groups excluding carboxylic acids is 1. The number of benzene rings is 3. The predicted molar refractivity (Wildman–Crippen MR) is 141 cm³/mol. The van der Waals surface area contributed by atoms with Crippen molar-refractivity contribution < 1.29 is 14.3 Å². The van der Waals surface area contributed by atoms with Gasteiger partial charge >= 0.3 is 0 Å². The molecular formula is C28H28N4O3S. The second-order valence-electron chi connectivity index (χ2n) is 8.63. The van der Waals surface area contributed by atoms with Crippen molar-refractivity contribution in [3.63, 3.8) is 0 Å². The van der Waals surface area contributed by atoms with Gasteiger partial charge in [-0.1, -0.05) is 42.5 Å². The van der Waals surface area contributed by atoms with Crippen molar-refractivity contribution in [2.24, 2.45) is 0 Å². The summed E-state index contributed by atoms with van der Waals surface area (Å²) in [6.07, 6.45) is 1.05. The Kier molecular flexibility index (Phi) is 7.42. The summed E-state index contributed by atoms with van der Waals surface area (Å²) in [5.74, 6) is 2.42. The van der Waals surface area contributed by atoms with Crippen molar-refractivity contribution >= 4 is 23.1 Å². The molecule has 8 heteroatoms. The number of carbonyl (C=O) groups is 1. The van der Waals surface area contributed by atoms with E-state index < -0.39 is 0 Å². The van der Waals surface area contributed by atoms with E-state index in [2.05, 4.69) is 38.5 Å². The molecule has 184 valence electrons. The second kappa shape index (κ2) is 11.2. The number of anilines is 1. The van der Waals surface area contributed by atoms with Crippen LogP contribution in [0.5, 0.6) is 16.7 Å². The molecule has 0 atom stereocenters. The van der Waals surface area contributed by atoms with Crippen molar-refractivity contribution in [2.75, 3.05) is 38.2 Å². The summed E-state index contributed by atoms with van der Waals surface area (Å²) in [6, 6.07) is 25.8. The fourth-order valence-corrected chi connectivity index (χ4v) is 4.77. The third-order valence-corrected chi connectivity index (χ3v) is 6.84. The molecule has 36 heavy (non-hydrogen) atoms. The highest BCUT2D eigenvalue weighted by atomic mass is 32.1. The molecule has 2 heterocycles. The fraction of sp³-hybridized carbons (Fsp3) is 0.250. The van der Waals surface area contributed by atoms with Crippen LogP contribution in [0.3, 0.4) is 0 Å². The summed E-state index contributed by atoms with van der Waals surface area (Å²) < 4.78 is 15.5. The molecule has 5 rings (SSSR count). The van der Waals surface area contributed by atoms with Crippen LogP contribution in [0.4, 0.5) is 5.69 Å². The van der Waals surface area contributed by atoms with Gasteiger partial charge in [-0.3, -0.25) is 4.79 Å². The Bertz CT molecular complexity index is 1270. The normalized spacial score (nSPS) is 13.5. The van der Waals surface area contributed by atoms with Gasteiger partial charge in [0.1, 0.15) is 11.5 Å². The number of nitrogens with zero attached hydrogens (tertiary/aromatic N) is 4. The van der Waals surface area contributed by atoms with Crippen molar-refractivity contribution in [3.8, 4) is 16.7 Å². The Morgan fingerprint density at radius 1 is 0.861 bits per heavy atom. The monoisotopic (exact) mass is 500 g/mol. The van der Waals surface area contributed by atoms with Crippen LogP contribution >= 0.6 is 11.5 Å². The first kappa shape index (κ1) is 23.8. The number of ether oxygens (including phenoxy) is 2. The van der Waals surface area contributed by atoms with Crippen molar-refractivity contribution in [3.05, 3.63) is 95.8 Å². The van der Waals surface area contributed by atoms with Gasteiger partial charge in [-0.2, -0.15) is 9.36 Å². The molecule has 0 bridgehead atoms. The van der Waals surface area contributed by atoms with Crippen LogP contribution < -0.4 is 14.4 Å². The molecule has 0 aliphatic carbocycles. The lowest BCUT2D eigenvalue weighted by Crippen LogP contribution is -2.49. The SMILES string of the molecule is COc1ccc(N2CCN(C(=O)Cc3ccc(Oc4nc(Cc5ccccc5)ns4)cc3)CC2)cc1. The molecule has 1 fully saturated rings. The Morgan fingerprint density at radius 3 is 2.25 bits per heavy atom. The molecule has 0 N–H and O–H groups in total. The Hall–Kier alpha value is -3.91. The van der Waals surface area contributed by atoms with E-state index in [-0.39, 0.29) is 5.91 Å². The zero-order valence-corrected chi connectivity index (χ0v) is 21.0. The van der Waals surface area contributed by atoms with Crippen LogP contribution in [-0.4, -0.2) is 53.5 Å². The van der Waals surface area contributed by atoms with E-state index >= 15 is 0 Å². The Balaban J connectivity index is 1.10. The highest BCUT2D eigenvalue weighted by Crippen LogP contribution is 2.25. The van der Waals surface area contributed by atoms with Gasteiger partial charge in [0, 0.05) is 49.8 Å². The molecule has 4 aromatic rings. The van der Waals surface area contributed by atoms with E-state index in [1.54, 1.807) is 7.11 Å². The van der Waals surface area contributed by atoms with Crippen LogP contribution in [0.15, 0.2) is 78.9 Å². The van der Waals surface area contributed by atoms with Crippen LogP contribution in [-0.2, 0) is 17.6 Å². The van der Waals surface area contributed by atoms with E-state index in [4.69, 9.17) is 9.47 Å². The summed E-state index contributed by atoms with van der Waals surface area (Å²) >= 11 is 1.24. The maximum absolute atomic E-state index is 12.9. The average molecular weight is 501 g/mol. The number of aromatic nitrogens is 2. The maximum Gasteiger partial charge on any atom is 0.298 e. The van der Waals surface area contributed by atoms with Gasteiger partial charge in [0.25, 0.3) is 5.19 Å². The first-order chi connectivity index (χ1) is 17.7. The average Bonchev–Trinajstić information content (AvgIpc) is 3.37. The molecule has 0 unspecified atom stereocenters. The minimum Gasteiger partial charge on any atom is -0.497 e. The van der Waals surface area contributed by atoms with Gasteiger partial charge < -0.3 is 19.3 Å². The van der Waals surface area contributed by atoms with Crippen LogP contribution in [0.25, 0.3) is 0 Å². The minimum atomic E-state index is 0.146. The molecule has 1 amide bonds. The summed E-state index contributed by atoms with van der Waals surface area (Å²) in [7, 11) is 1.67. The fourth-order valence-electron chi connectivity index (χ4n) is 4.20. The van der Waals surface area contributed by atoms with E-state index in [9.17, 15) is 4.79 Å². The number of hydrogen-bond donors (Lipinski definition) is 0. The van der Waals surface area contributed by atoms with Crippen LogP contribution in [0, 0.1) is 0 Å². The van der Waals surface area contributed by atoms with Gasteiger partial charge in [-0.25, -0.2) is 0 Å². The summed E-state index contributed by atoms with van der Waals surface area (Å²) in [6.45, 7) is 3.07. The van der Waals surface area contributed by atoms with E-state index in [1.807, 2.05) is 59.5 Å². The molecule has 0 saturated carbocycles. The van der Waals surface area contributed by atoms with Crippen LogP contribution in [0.2, 0.25) is 0 Å². The van der Waals surface area contributed by atoms with Gasteiger partial charge in [0.05, 0.1) is 13.5 Å². The molecule has 1 saturated heterocycles. The topological polar surface area (TPSA) is 67.8 Å². The first-order valence-electron chi connectivity index (χ1n) is 12.0. The molecular weight excluding hydrogens is 472 g/mol. The maximum atomic E-state index is 12.9. The third kappa shape index (κ3) is 6.01. The summed E-state index contributed by atoms with van der Waals surface area (Å²) in [4.78, 5) is 21.6. The zero-order valence-electron chi connectivity index (χ0n) is 20.2. The summed E-state index contributed by atoms with van der Waals surface area (Å²) in [5.41, 5.74) is 3.28. The van der Waals surface area contributed by atoms with Crippen molar-refractivity contribution in [1.29, 1.82) is 0 Å². The molecule has 1 aliphatic heterocycles. The smallest absolute Gasteiger partial charge is 0.298 e. The lowest BCUT2D eigenvalue weighted by molar-refractivity contribution is -0.130. The largest absolute Gasteiger partial charge is 0.497 e. The standard InChI is InChI=1S/C28H28N4O3S/c1-34-24-13-9-23(10-14-24)31-15-17-32(18-16-31)27(33)20-22-7-11-25(12-8-22)35-28-29-26(30-36-28)19-21-5-3-2-4-6-21/h2-14H,15-20H2,1H3. The number of rotatable bonds is 8. The highest BCUT2D eigenvalue weighted by Gasteiger charge is 2.21. The number of piperazine rings is 1. The lowest BCUT2D eigenvalue weighted by Gasteiger charge is -2.36. The van der Waals surface area contributed by atoms with Gasteiger partial charge in [-0.05, 0) is 47.5 Å². The van der Waals surface area contributed by atoms with Gasteiger partial charge in [0.2, 0.25) is 5.91 Å². The molecule has 1 aromatic heterocycles. The van der Waals surface area contributed by atoms with Gasteiger partial charge in [-0.15, -0.1) is 0 Å². The molecule has 0 radical (unpaired) electrons. The molecule has 1 aliphatic rings. The van der Waals surface area contributed by atoms with Crippen LogP contribution in [0.1, 0.15) is 17.0 Å². The summed E-state index contributed by atoms with van der Waals surface area (Å²) in [5, 5.41) is 0.513. The van der Waals surface area contributed by atoms with E-state index in [0.717, 1.165) is 41.5 Å². The number of methoxy groups -OCH3 is 1. The highest BCUT2D eigenvalue weighted by molar-refractivity contribution is 7.07. The van der Waals surface area contributed by atoms with E-state index in [0.29, 0.717) is 36.9 Å². The predicted octanol–water partition coefficient (Wildman–Crippen LogP) is 4.82. The number of hydrogen-bond acceptors (Lipinski definition) is 7. The minimum absolute atomic E-state index is 0.146. The Morgan fingerprint density at radius 2 is 1.56 bits per heavy atom. The molecule has 0 spiro atoms. The Labute approximate surface area is 215 Å². The number of amides is 1. The quantitative estimate of drug-likeness (QED) is 0.346. The third-order valence-electron chi connectivity index (χ3n) is 6.21. The van der Waals surface area contributed by atoms with Crippen molar-refractivity contribution in [1.82, 2.24) is 14.3 Å². The first-order valence-corrected chi connectivity index (χ1v) is 12.7. The molecule has 7 nitrogen and oxygen atoms in total. The second-order valence-corrected chi connectivity index (χ2v) is 9.34.